The lowest BCUT2D eigenvalue weighted by molar-refractivity contribution is 0.0122. The molecule has 0 spiro atoms. The fourth-order valence-electron chi connectivity index (χ4n) is 3.01. The lowest BCUT2D eigenvalue weighted by Crippen LogP contribution is -2.44. The molecule has 25 heavy (non-hydrogen) atoms. The Labute approximate surface area is 147 Å². The van der Waals surface area contributed by atoms with Gasteiger partial charge in [0.2, 0.25) is 0 Å². The molecule has 1 fully saturated rings. The van der Waals surface area contributed by atoms with Gasteiger partial charge in [0.05, 0.1) is 24.9 Å². The van der Waals surface area contributed by atoms with Crippen LogP contribution in [0.5, 0.6) is 0 Å². The summed E-state index contributed by atoms with van der Waals surface area (Å²) in [6, 6.07) is 5.47. The van der Waals surface area contributed by atoms with Crippen LogP contribution in [-0.4, -0.2) is 53.6 Å². The van der Waals surface area contributed by atoms with Gasteiger partial charge >= 0.3 is 6.03 Å². The first-order valence-electron chi connectivity index (χ1n) is 8.46. The first-order chi connectivity index (χ1) is 12.0. The van der Waals surface area contributed by atoms with Crippen LogP contribution in [0.2, 0.25) is 0 Å². The fraction of sp³-hybridized carbons (Fsp3) is 0.529. The Bertz CT molecular complexity index is 718. The number of carbonyl (C=O) groups excluding carboxylic acids is 1. The first-order valence-corrected chi connectivity index (χ1v) is 8.46. The lowest BCUT2D eigenvalue weighted by atomic mass is 10.1. The minimum absolute atomic E-state index is 0.0170. The second-order valence-electron chi connectivity index (χ2n) is 6.24. The third-order valence-corrected chi connectivity index (χ3v) is 4.28. The predicted octanol–water partition coefficient (Wildman–Crippen LogP) is 1.82. The summed E-state index contributed by atoms with van der Waals surface area (Å²) in [7, 11) is 1.80. The minimum Gasteiger partial charge on any atom is -0.465 e. The molecule has 3 heterocycles. The van der Waals surface area contributed by atoms with Gasteiger partial charge in [-0.15, -0.1) is 0 Å². The smallest absolute Gasteiger partial charge is 0.320 e. The van der Waals surface area contributed by atoms with Gasteiger partial charge in [-0.25, -0.2) is 4.79 Å². The zero-order valence-electron chi connectivity index (χ0n) is 14.9. The summed E-state index contributed by atoms with van der Waals surface area (Å²) in [5.41, 5.74) is 0.857. The number of carbonyl (C=O) groups is 1. The van der Waals surface area contributed by atoms with Crippen molar-refractivity contribution < 1.29 is 13.9 Å². The molecule has 0 radical (unpaired) electrons. The zero-order chi connectivity index (χ0) is 17.8. The van der Waals surface area contributed by atoms with Crippen molar-refractivity contribution in [3.8, 4) is 0 Å². The monoisotopic (exact) mass is 347 g/mol. The summed E-state index contributed by atoms with van der Waals surface area (Å²) < 4.78 is 12.9. The number of ether oxygens (including phenoxy) is 1. The van der Waals surface area contributed by atoms with E-state index in [4.69, 9.17) is 9.15 Å². The van der Waals surface area contributed by atoms with Crippen molar-refractivity contribution in [2.24, 2.45) is 7.05 Å². The fourth-order valence-corrected chi connectivity index (χ4v) is 3.01. The second kappa shape index (κ2) is 7.71. The molecule has 2 amide bonds. The molecule has 2 aromatic heterocycles. The Morgan fingerprint density at radius 3 is 2.68 bits per heavy atom. The molecule has 8 heteroatoms. The van der Waals surface area contributed by atoms with E-state index in [0.29, 0.717) is 25.6 Å². The van der Waals surface area contributed by atoms with Crippen LogP contribution >= 0.6 is 0 Å². The van der Waals surface area contributed by atoms with Crippen molar-refractivity contribution in [2.75, 3.05) is 38.2 Å². The third kappa shape index (κ3) is 4.40. The van der Waals surface area contributed by atoms with Gasteiger partial charge in [0, 0.05) is 32.7 Å². The van der Waals surface area contributed by atoms with Crippen LogP contribution in [0.25, 0.3) is 0 Å². The number of nitrogens with one attached hydrogen (secondary N) is 2. The van der Waals surface area contributed by atoms with Gasteiger partial charge in [-0.3, -0.25) is 14.9 Å². The number of nitrogens with zero attached hydrogens (tertiary/aromatic N) is 3. The van der Waals surface area contributed by atoms with Gasteiger partial charge in [-0.05, 0) is 26.0 Å². The Balaban J connectivity index is 1.63. The van der Waals surface area contributed by atoms with Crippen molar-refractivity contribution in [3.63, 3.8) is 0 Å². The maximum absolute atomic E-state index is 12.3. The molecule has 0 saturated carbocycles. The van der Waals surface area contributed by atoms with Crippen LogP contribution in [0.3, 0.4) is 0 Å². The van der Waals surface area contributed by atoms with Crippen LogP contribution in [0, 0.1) is 13.8 Å². The maximum Gasteiger partial charge on any atom is 0.320 e. The summed E-state index contributed by atoms with van der Waals surface area (Å²) in [5.74, 6) is 2.38. The van der Waals surface area contributed by atoms with Crippen LogP contribution in [0.15, 0.2) is 22.6 Å². The highest BCUT2D eigenvalue weighted by Crippen LogP contribution is 2.23. The van der Waals surface area contributed by atoms with Crippen LogP contribution in [0.4, 0.5) is 10.6 Å². The SMILES string of the molecule is Cc1cc(NC(=O)NC[C@H](c2ccc(C)o2)N2CCOCC2)n(C)n1. The van der Waals surface area contributed by atoms with Crippen molar-refractivity contribution in [3.05, 3.63) is 35.4 Å². The molecule has 2 aromatic rings. The number of hydrogen-bond donors (Lipinski definition) is 2. The van der Waals surface area contributed by atoms with Crippen molar-refractivity contribution in [1.82, 2.24) is 20.0 Å². The van der Waals surface area contributed by atoms with Gasteiger partial charge < -0.3 is 14.5 Å². The largest absolute Gasteiger partial charge is 0.465 e. The number of hydrogen-bond acceptors (Lipinski definition) is 5. The summed E-state index contributed by atoms with van der Waals surface area (Å²) in [6.07, 6.45) is 0. The number of urea groups is 1. The topological polar surface area (TPSA) is 84.6 Å². The number of furan rings is 1. The number of morpholine rings is 1. The standard InChI is InChI=1S/C17H25N5O3/c1-12-10-16(21(3)20-12)19-17(23)18-11-14(15-5-4-13(2)25-15)22-6-8-24-9-7-22/h4-5,10,14H,6-9,11H2,1-3H3,(H2,18,19,23)/t14-/m1/s1. The van der Waals surface area contributed by atoms with Gasteiger partial charge in [0.25, 0.3) is 0 Å². The second-order valence-corrected chi connectivity index (χ2v) is 6.24. The number of rotatable bonds is 5. The highest BCUT2D eigenvalue weighted by atomic mass is 16.5. The van der Waals surface area contributed by atoms with E-state index in [0.717, 1.165) is 30.3 Å². The molecule has 2 N–H and O–H groups in total. The van der Waals surface area contributed by atoms with E-state index in [2.05, 4.69) is 20.6 Å². The first kappa shape index (κ1) is 17.5. The molecule has 0 aliphatic carbocycles. The molecule has 3 rings (SSSR count). The van der Waals surface area contributed by atoms with Gasteiger partial charge in [0.1, 0.15) is 17.3 Å². The molecule has 1 aliphatic heterocycles. The summed E-state index contributed by atoms with van der Waals surface area (Å²) in [5, 5.41) is 9.98. The number of aromatic nitrogens is 2. The van der Waals surface area contributed by atoms with Crippen LogP contribution < -0.4 is 10.6 Å². The predicted molar refractivity (Wildman–Crippen MR) is 93.5 cm³/mol. The van der Waals surface area contributed by atoms with E-state index >= 15 is 0 Å². The zero-order valence-corrected chi connectivity index (χ0v) is 14.9. The van der Waals surface area contributed by atoms with Gasteiger partial charge in [-0.1, -0.05) is 0 Å². The van der Waals surface area contributed by atoms with E-state index in [1.807, 2.05) is 32.0 Å². The normalized spacial score (nSPS) is 16.6. The highest BCUT2D eigenvalue weighted by Gasteiger charge is 2.25. The maximum atomic E-state index is 12.3. The molecule has 1 saturated heterocycles. The third-order valence-electron chi connectivity index (χ3n) is 4.28. The molecule has 1 atom stereocenters. The molecule has 8 nitrogen and oxygen atoms in total. The van der Waals surface area contributed by atoms with E-state index in [-0.39, 0.29) is 12.1 Å². The molecule has 0 bridgehead atoms. The number of aryl methyl sites for hydroxylation is 3. The van der Waals surface area contributed by atoms with Crippen molar-refractivity contribution in [2.45, 2.75) is 19.9 Å². The number of amides is 2. The Morgan fingerprint density at radius 2 is 2.08 bits per heavy atom. The summed E-state index contributed by atoms with van der Waals surface area (Å²) >= 11 is 0. The quantitative estimate of drug-likeness (QED) is 0.862. The molecule has 1 aliphatic rings. The average Bonchev–Trinajstić information content (AvgIpc) is 3.14. The Morgan fingerprint density at radius 1 is 1.32 bits per heavy atom. The molecular weight excluding hydrogens is 322 g/mol. The van der Waals surface area contributed by atoms with E-state index < -0.39 is 0 Å². The van der Waals surface area contributed by atoms with Crippen molar-refractivity contribution >= 4 is 11.8 Å². The Kier molecular flexibility index (Phi) is 5.40. The molecule has 0 unspecified atom stereocenters. The molecule has 0 aromatic carbocycles. The average molecular weight is 347 g/mol. The van der Waals surface area contributed by atoms with E-state index in [9.17, 15) is 4.79 Å². The summed E-state index contributed by atoms with van der Waals surface area (Å²) in [6.45, 7) is 7.27. The molecular formula is C17H25N5O3. The minimum atomic E-state index is -0.260. The number of anilines is 1. The van der Waals surface area contributed by atoms with Crippen LogP contribution in [-0.2, 0) is 11.8 Å². The Hall–Kier alpha value is -2.32. The van der Waals surface area contributed by atoms with Crippen molar-refractivity contribution in [1.29, 1.82) is 0 Å². The lowest BCUT2D eigenvalue weighted by Gasteiger charge is -2.33. The summed E-state index contributed by atoms with van der Waals surface area (Å²) in [4.78, 5) is 14.5. The van der Waals surface area contributed by atoms with Crippen LogP contribution in [0.1, 0.15) is 23.3 Å². The van der Waals surface area contributed by atoms with Gasteiger partial charge in [-0.2, -0.15) is 5.10 Å². The highest BCUT2D eigenvalue weighted by molar-refractivity contribution is 5.88. The van der Waals surface area contributed by atoms with E-state index in [1.54, 1.807) is 11.7 Å². The van der Waals surface area contributed by atoms with Gasteiger partial charge in [0.15, 0.2) is 0 Å². The molecule has 136 valence electrons. The van der Waals surface area contributed by atoms with E-state index in [1.165, 1.54) is 0 Å².